The molecule has 0 aliphatic carbocycles. The van der Waals surface area contributed by atoms with Crippen molar-refractivity contribution in [3.63, 3.8) is 0 Å². The smallest absolute Gasteiger partial charge is 0.237 e. The summed E-state index contributed by atoms with van der Waals surface area (Å²) in [5.41, 5.74) is 9.65. The minimum absolute atomic E-state index is 0.0559. The molecule has 2 aliphatic heterocycles. The molecule has 2 aromatic rings. The second-order valence-corrected chi connectivity index (χ2v) is 9.59. The summed E-state index contributed by atoms with van der Waals surface area (Å²) in [6.45, 7) is 7.85. The number of carbonyl (C=O) groups excluding carboxylic acids is 2. The molecule has 2 aliphatic rings. The van der Waals surface area contributed by atoms with Crippen LogP contribution in [0.2, 0.25) is 0 Å². The van der Waals surface area contributed by atoms with E-state index in [1.165, 1.54) is 0 Å². The fourth-order valence-corrected chi connectivity index (χ4v) is 5.01. The average Bonchev–Trinajstić information content (AvgIpc) is 3.35. The van der Waals surface area contributed by atoms with E-state index >= 15 is 0 Å². The highest BCUT2D eigenvalue weighted by Gasteiger charge is 2.32. The third-order valence-electron chi connectivity index (χ3n) is 6.58. The number of fused-ring (bicyclic) bond motifs is 1. The van der Waals surface area contributed by atoms with Gasteiger partial charge in [-0.1, -0.05) is 13.8 Å². The molecule has 0 aromatic carbocycles. The summed E-state index contributed by atoms with van der Waals surface area (Å²) < 4.78 is 1.89. The van der Waals surface area contributed by atoms with E-state index in [2.05, 4.69) is 34.1 Å². The molecule has 2 amide bonds. The number of amides is 2. The van der Waals surface area contributed by atoms with Crippen LogP contribution in [0.5, 0.6) is 0 Å². The molecule has 0 spiro atoms. The standard InChI is InChI=1S/C24H35N7O2/c1-16(2)14-30-9-4-5-21(30)24(33)27-13-19-18-15-31(10-7-20(18)29(3)28-19)23(32)12-17-6-8-26-22(25)11-17/h6,8,11,16,21H,4-5,7,9-10,12-15H2,1-3H3,(H2,25,26)(H,27,33). The molecule has 3 N–H and O–H groups in total. The Balaban J connectivity index is 1.40. The van der Waals surface area contributed by atoms with E-state index in [1.54, 1.807) is 12.3 Å². The number of rotatable bonds is 7. The van der Waals surface area contributed by atoms with Crippen molar-refractivity contribution in [2.75, 3.05) is 25.4 Å². The Bertz CT molecular complexity index is 1020. The number of likely N-dealkylation sites (tertiary alicyclic amines) is 1. The summed E-state index contributed by atoms with van der Waals surface area (Å²) in [7, 11) is 1.93. The number of nitrogen functional groups attached to an aromatic ring is 1. The van der Waals surface area contributed by atoms with E-state index in [9.17, 15) is 9.59 Å². The number of pyridine rings is 1. The van der Waals surface area contributed by atoms with Crippen molar-refractivity contribution < 1.29 is 9.59 Å². The van der Waals surface area contributed by atoms with E-state index < -0.39 is 0 Å². The molecule has 4 rings (SSSR count). The lowest BCUT2D eigenvalue weighted by molar-refractivity contribution is -0.131. The van der Waals surface area contributed by atoms with Gasteiger partial charge in [-0.05, 0) is 43.0 Å². The Labute approximate surface area is 195 Å². The van der Waals surface area contributed by atoms with Crippen LogP contribution in [-0.2, 0) is 42.6 Å². The zero-order valence-electron chi connectivity index (χ0n) is 19.9. The number of aromatic nitrogens is 3. The molecule has 2 aromatic heterocycles. The highest BCUT2D eigenvalue weighted by Crippen LogP contribution is 2.24. The van der Waals surface area contributed by atoms with Crippen molar-refractivity contribution in [1.82, 2.24) is 29.9 Å². The Morgan fingerprint density at radius 1 is 1.30 bits per heavy atom. The molecule has 1 fully saturated rings. The van der Waals surface area contributed by atoms with Crippen molar-refractivity contribution in [2.24, 2.45) is 13.0 Å². The van der Waals surface area contributed by atoms with Crippen LogP contribution in [0.15, 0.2) is 18.3 Å². The van der Waals surface area contributed by atoms with Crippen LogP contribution in [0.4, 0.5) is 5.82 Å². The normalized spacial score (nSPS) is 18.5. The molecule has 1 saturated heterocycles. The third-order valence-corrected chi connectivity index (χ3v) is 6.58. The molecule has 9 heteroatoms. The van der Waals surface area contributed by atoms with Crippen LogP contribution >= 0.6 is 0 Å². The fraction of sp³-hybridized carbons (Fsp3) is 0.583. The minimum Gasteiger partial charge on any atom is -0.384 e. The summed E-state index contributed by atoms with van der Waals surface area (Å²) in [5.74, 6) is 1.08. The van der Waals surface area contributed by atoms with Crippen LogP contribution in [0.3, 0.4) is 0 Å². The van der Waals surface area contributed by atoms with E-state index in [0.29, 0.717) is 37.8 Å². The predicted octanol–water partition coefficient (Wildman–Crippen LogP) is 1.26. The summed E-state index contributed by atoms with van der Waals surface area (Å²) >= 11 is 0. The van der Waals surface area contributed by atoms with Gasteiger partial charge in [-0.25, -0.2) is 4.98 Å². The molecule has 1 atom stereocenters. The summed E-state index contributed by atoms with van der Waals surface area (Å²) in [4.78, 5) is 34.0. The zero-order chi connectivity index (χ0) is 23.5. The molecule has 178 valence electrons. The second-order valence-electron chi connectivity index (χ2n) is 9.59. The van der Waals surface area contributed by atoms with Gasteiger partial charge in [0.25, 0.3) is 0 Å². The van der Waals surface area contributed by atoms with Crippen molar-refractivity contribution in [2.45, 2.75) is 58.7 Å². The molecule has 9 nitrogen and oxygen atoms in total. The van der Waals surface area contributed by atoms with Crippen molar-refractivity contribution in [3.8, 4) is 0 Å². The lowest BCUT2D eigenvalue weighted by atomic mass is 10.0. The molecular weight excluding hydrogens is 418 g/mol. The molecule has 4 heterocycles. The Hall–Kier alpha value is -2.94. The van der Waals surface area contributed by atoms with Gasteiger partial charge >= 0.3 is 0 Å². The third kappa shape index (κ3) is 5.35. The first-order valence-corrected chi connectivity index (χ1v) is 11.9. The van der Waals surface area contributed by atoms with Crippen LogP contribution < -0.4 is 11.1 Å². The first-order valence-electron chi connectivity index (χ1n) is 11.9. The van der Waals surface area contributed by atoms with Gasteiger partial charge in [0.05, 0.1) is 24.7 Å². The van der Waals surface area contributed by atoms with Crippen molar-refractivity contribution in [1.29, 1.82) is 0 Å². The van der Waals surface area contributed by atoms with Gasteiger partial charge in [-0.2, -0.15) is 5.10 Å². The second kappa shape index (κ2) is 9.91. The molecule has 1 unspecified atom stereocenters. The summed E-state index contributed by atoms with van der Waals surface area (Å²) in [5, 5.41) is 7.79. The maximum atomic E-state index is 12.9. The number of carbonyl (C=O) groups is 2. The maximum Gasteiger partial charge on any atom is 0.237 e. The topological polar surface area (TPSA) is 109 Å². The Morgan fingerprint density at radius 2 is 2.12 bits per heavy atom. The Morgan fingerprint density at radius 3 is 2.88 bits per heavy atom. The highest BCUT2D eigenvalue weighted by atomic mass is 16.2. The van der Waals surface area contributed by atoms with Gasteiger partial charge in [-0.15, -0.1) is 0 Å². The molecule has 0 bridgehead atoms. The monoisotopic (exact) mass is 453 g/mol. The quantitative estimate of drug-likeness (QED) is 0.653. The van der Waals surface area contributed by atoms with Gasteiger partial charge in [0.15, 0.2) is 0 Å². The number of nitrogens with one attached hydrogen (secondary N) is 1. The largest absolute Gasteiger partial charge is 0.384 e. The van der Waals surface area contributed by atoms with Gasteiger partial charge in [0.2, 0.25) is 11.8 Å². The van der Waals surface area contributed by atoms with Crippen molar-refractivity contribution >= 4 is 17.6 Å². The SMILES string of the molecule is CC(C)CN1CCCC1C(=O)NCc1nn(C)c2c1CN(C(=O)Cc1ccnc(N)c1)CC2. The predicted molar refractivity (Wildman–Crippen MR) is 126 cm³/mol. The van der Waals surface area contributed by atoms with Crippen LogP contribution in [0.1, 0.15) is 49.2 Å². The zero-order valence-corrected chi connectivity index (χ0v) is 19.9. The Kier molecular flexibility index (Phi) is 6.97. The first kappa shape index (κ1) is 23.2. The van der Waals surface area contributed by atoms with Gasteiger partial charge < -0.3 is 16.0 Å². The number of nitrogens with zero attached hydrogens (tertiary/aromatic N) is 5. The highest BCUT2D eigenvalue weighted by molar-refractivity contribution is 5.82. The molecular formula is C24H35N7O2. The van der Waals surface area contributed by atoms with Crippen LogP contribution in [0, 0.1) is 5.92 Å². The van der Waals surface area contributed by atoms with E-state index in [-0.39, 0.29) is 17.9 Å². The minimum atomic E-state index is -0.0576. The summed E-state index contributed by atoms with van der Waals surface area (Å²) in [6, 6.07) is 3.50. The van der Waals surface area contributed by atoms with Gasteiger partial charge in [0, 0.05) is 50.6 Å². The molecule has 33 heavy (non-hydrogen) atoms. The van der Waals surface area contributed by atoms with Gasteiger partial charge in [-0.3, -0.25) is 19.2 Å². The average molecular weight is 454 g/mol. The van der Waals surface area contributed by atoms with Crippen LogP contribution in [-0.4, -0.2) is 62.1 Å². The van der Waals surface area contributed by atoms with E-state index in [4.69, 9.17) is 5.73 Å². The number of hydrogen-bond acceptors (Lipinski definition) is 6. The maximum absolute atomic E-state index is 12.9. The first-order chi connectivity index (χ1) is 15.8. The van der Waals surface area contributed by atoms with Crippen LogP contribution in [0.25, 0.3) is 0 Å². The number of hydrogen-bond donors (Lipinski definition) is 2. The number of nitrogens with two attached hydrogens (primary N) is 1. The lowest BCUT2D eigenvalue weighted by Gasteiger charge is -2.28. The van der Waals surface area contributed by atoms with E-state index in [0.717, 1.165) is 54.9 Å². The van der Waals surface area contributed by atoms with E-state index in [1.807, 2.05) is 22.7 Å². The van der Waals surface area contributed by atoms with Crippen molar-refractivity contribution in [3.05, 3.63) is 40.8 Å². The lowest BCUT2D eigenvalue weighted by Crippen LogP contribution is -2.44. The fourth-order valence-electron chi connectivity index (χ4n) is 5.01. The molecule has 0 radical (unpaired) electrons. The van der Waals surface area contributed by atoms with Gasteiger partial charge in [0.1, 0.15) is 5.82 Å². The number of anilines is 1. The number of aryl methyl sites for hydroxylation is 1. The molecule has 0 saturated carbocycles. The summed E-state index contributed by atoms with van der Waals surface area (Å²) in [6.07, 6.45) is 4.63.